The van der Waals surface area contributed by atoms with E-state index >= 15 is 0 Å². The van der Waals surface area contributed by atoms with Gasteiger partial charge >= 0.3 is 0 Å². The van der Waals surface area contributed by atoms with Crippen LogP contribution in [-0.4, -0.2) is 40.9 Å². The van der Waals surface area contributed by atoms with E-state index in [4.69, 9.17) is 0 Å². The Kier molecular flexibility index (Phi) is 5.61. The third-order valence-corrected chi connectivity index (χ3v) is 6.75. The first-order chi connectivity index (χ1) is 14.0. The molecule has 1 saturated heterocycles. The van der Waals surface area contributed by atoms with E-state index in [1.807, 2.05) is 25.1 Å². The average Bonchev–Trinajstić information content (AvgIpc) is 2.86. The molecular weight excluding hydrogens is 366 g/mol. The van der Waals surface area contributed by atoms with Crippen LogP contribution in [0.3, 0.4) is 0 Å². The fraction of sp³-hybridized carbons (Fsp3) is 0.609. The monoisotopic (exact) mass is 397 g/mol. The van der Waals surface area contributed by atoms with Gasteiger partial charge in [0.2, 0.25) is 11.8 Å². The van der Waals surface area contributed by atoms with Crippen LogP contribution in [0.2, 0.25) is 0 Å². The molecule has 0 spiro atoms. The minimum absolute atomic E-state index is 0.0433. The SMILES string of the molecule is CC12CCC(=O)N1c1ccccc1C(=O)N2CCCC(=O)NC1CCCCCC1. The van der Waals surface area contributed by atoms with Gasteiger partial charge in [0.15, 0.2) is 0 Å². The van der Waals surface area contributed by atoms with Gasteiger partial charge in [-0.2, -0.15) is 0 Å². The first-order valence-corrected chi connectivity index (χ1v) is 11.0. The Morgan fingerprint density at radius 2 is 1.86 bits per heavy atom. The molecule has 1 saturated carbocycles. The Balaban J connectivity index is 1.41. The van der Waals surface area contributed by atoms with Gasteiger partial charge in [0.05, 0.1) is 11.3 Å². The Morgan fingerprint density at radius 1 is 1.14 bits per heavy atom. The van der Waals surface area contributed by atoms with Crippen LogP contribution in [0.25, 0.3) is 0 Å². The highest BCUT2D eigenvalue weighted by Crippen LogP contribution is 2.44. The molecule has 4 rings (SSSR count). The van der Waals surface area contributed by atoms with Crippen molar-refractivity contribution in [1.29, 1.82) is 0 Å². The quantitative estimate of drug-likeness (QED) is 0.772. The minimum atomic E-state index is -0.639. The summed E-state index contributed by atoms with van der Waals surface area (Å²) in [5.74, 6) is 0.0908. The molecule has 6 heteroatoms. The van der Waals surface area contributed by atoms with Crippen LogP contribution in [0.4, 0.5) is 5.69 Å². The molecule has 0 aromatic heterocycles. The highest BCUT2D eigenvalue weighted by Gasteiger charge is 2.52. The van der Waals surface area contributed by atoms with Crippen molar-refractivity contribution in [3.05, 3.63) is 29.8 Å². The molecule has 2 aliphatic heterocycles. The molecule has 1 aromatic carbocycles. The number of anilines is 1. The largest absolute Gasteiger partial charge is 0.353 e. The van der Waals surface area contributed by atoms with Crippen LogP contribution < -0.4 is 10.2 Å². The van der Waals surface area contributed by atoms with Gasteiger partial charge in [0.1, 0.15) is 5.66 Å². The fourth-order valence-electron chi connectivity index (χ4n) is 5.16. The lowest BCUT2D eigenvalue weighted by Crippen LogP contribution is -2.62. The van der Waals surface area contributed by atoms with E-state index in [0.29, 0.717) is 49.5 Å². The number of para-hydroxylation sites is 1. The summed E-state index contributed by atoms with van der Waals surface area (Å²) in [6, 6.07) is 7.64. The molecule has 3 aliphatic rings. The van der Waals surface area contributed by atoms with E-state index in [2.05, 4.69) is 5.32 Å². The number of rotatable bonds is 5. The molecule has 6 nitrogen and oxygen atoms in total. The number of hydrogen-bond donors (Lipinski definition) is 1. The van der Waals surface area contributed by atoms with Gasteiger partial charge in [0.25, 0.3) is 5.91 Å². The maximum Gasteiger partial charge on any atom is 0.257 e. The smallest absolute Gasteiger partial charge is 0.257 e. The molecule has 0 bridgehead atoms. The molecular formula is C23H31N3O3. The summed E-state index contributed by atoms with van der Waals surface area (Å²) < 4.78 is 0. The Hall–Kier alpha value is -2.37. The second-order valence-electron chi connectivity index (χ2n) is 8.78. The summed E-state index contributed by atoms with van der Waals surface area (Å²) in [5.41, 5.74) is 0.647. The standard InChI is InChI=1S/C23H31N3O3/c1-23-15-14-21(28)26(23)19-12-7-6-11-18(19)22(29)25(23)16-8-13-20(27)24-17-9-4-2-3-5-10-17/h6-7,11-12,17H,2-5,8-10,13-16H2,1H3,(H,24,27). The van der Waals surface area contributed by atoms with E-state index in [9.17, 15) is 14.4 Å². The number of fused-ring (bicyclic) bond motifs is 3. The second-order valence-corrected chi connectivity index (χ2v) is 8.78. The van der Waals surface area contributed by atoms with Gasteiger partial charge in [-0.15, -0.1) is 0 Å². The lowest BCUT2D eigenvalue weighted by Gasteiger charge is -2.48. The van der Waals surface area contributed by atoms with Crippen LogP contribution in [0.1, 0.15) is 81.5 Å². The zero-order valence-electron chi connectivity index (χ0n) is 17.3. The summed E-state index contributed by atoms with van der Waals surface area (Å²) in [4.78, 5) is 41.8. The molecule has 2 heterocycles. The van der Waals surface area contributed by atoms with E-state index < -0.39 is 5.66 Å². The van der Waals surface area contributed by atoms with Crippen molar-refractivity contribution >= 4 is 23.4 Å². The third-order valence-electron chi connectivity index (χ3n) is 6.75. The maximum absolute atomic E-state index is 13.2. The van der Waals surface area contributed by atoms with E-state index in [0.717, 1.165) is 12.8 Å². The van der Waals surface area contributed by atoms with Gasteiger partial charge in [-0.25, -0.2) is 0 Å². The van der Waals surface area contributed by atoms with Crippen molar-refractivity contribution in [3.63, 3.8) is 0 Å². The van der Waals surface area contributed by atoms with Gasteiger partial charge < -0.3 is 10.2 Å². The van der Waals surface area contributed by atoms with Crippen LogP contribution >= 0.6 is 0 Å². The summed E-state index contributed by atoms with van der Waals surface area (Å²) in [5, 5.41) is 3.18. The number of benzene rings is 1. The van der Waals surface area contributed by atoms with Crippen molar-refractivity contribution in [2.45, 2.75) is 82.8 Å². The zero-order valence-corrected chi connectivity index (χ0v) is 17.3. The van der Waals surface area contributed by atoms with Crippen LogP contribution in [0, 0.1) is 0 Å². The number of hydrogen-bond acceptors (Lipinski definition) is 3. The normalized spacial score (nSPS) is 24.9. The topological polar surface area (TPSA) is 69.7 Å². The van der Waals surface area contributed by atoms with Crippen LogP contribution in [0.5, 0.6) is 0 Å². The van der Waals surface area contributed by atoms with E-state index in [-0.39, 0.29) is 17.7 Å². The molecule has 156 valence electrons. The van der Waals surface area contributed by atoms with Crippen molar-refractivity contribution in [3.8, 4) is 0 Å². The molecule has 0 radical (unpaired) electrons. The molecule has 29 heavy (non-hydrogen) atoms. The molecule has 2 fully saturated rings. The van der Waals surface area contributed by atoms with E-state index in [1.54, 1.807) is 15.9 Å². The fourth-order valence-corrected chi connectivity index (χ4v) is 5.16. The van der Waals surface area contributed by atoms with Crippen LogP contribution in [0.15, 0.2) is 24.3 Å². The lowest BCUT2D eigenvalue weighted by atomic mass is 9.98. The van der Waals surface area contributed by atoms with Gasteiger partial charge in [-0.05, 0) is 44.7 Å². The Bertz CT molecular complexity index is 800. The number of amides is 3. The summed E-state index contributed by atoms with van der Waals surface area (Å²) in [6.45, 7) is 2.45. The first kappa shape index (κ1) is 19.9. The van der Waals surface area contributed by atoms with Gasteiger partial charge in [-0.3, -0.25) is 19.3 Å². The number of nitrogens with one attached hydrogen (secondary N) is 1. The molecule has 1 atom stereocenters. The Labute approximate surface area is 172 Å². The van der Waals surface area contributed by atoms with Crippen molar-refractivity contribution < 1.29 is 14.4 Å². The third kappa shape index (κ3) is 3.77. The predicted molar refractivity (Wildman–Crippen MR) is 111 cm³/mol. The highest BCUT2D eigenvalue weighted by atomic mass is 16.2. The number of nitrogens with zero attached hydrogens (tertiary/aromatic N) is 2. The molecule has 1 aliphatic carbocycles. The molecule has 1 unspecified atom stereocenters. The summed E-state index contributed by atoms with van der Waals surface area (Å²) in [6.07, 6.45) is 9.12. The first-order valence-electron chi connectivity index (χ1n) is 11.0. The lowest BCUT2D eigenvalue weighted by molar-refractivity contribution is -0.122. The van der Waals surface area contributed by atoms with Crippen molar-refractivity contribution in [2.75, 3.05) is 11.4 Å². The van der Waals surface area contributed by atoms with Gasteiger partial charge in [0, 0.05) is 25.4 Å². The zero-order chi connectivity index (χ0) is 20.4. The molecule has 1 aromatic rings. The predicted octanol–water partition coefficient (Wildman–Crippen LogP) is 3.60. The molecule has 3 amide bonds. The summed E-state index contributed by atoms with van der Waals surface area (Å²) >= 11 is 0. The number of carbonyl (C=O) groups is 3. The highest BCUT2D eigenvalue weighted by molar-refractivity contribution is 6.10. The van der Waals surface area contributed by atoms with Crippen molar-refractivity contribution in [2.24, 2.45) is 0 Å². The number of carbonyl (C=O) groups excluding carboxylic acids is 3. The second kappa shape index (κ2) is 8.17. The maximum atomic E-state index is 13.2. The van der Waals surface area contributed by atoms with Crippen LogP contribution in [-0.2, 0) is 9.59 Å². The Morgan fingerprint density at radius 3 is 2.62 bits per heavy atom. The van der Waals surface area contributed by atoms with Crippen molar-refractivity contribution in [1.82, 2.24) is 10.2 Å². The summed E-state index contributed by atoms with van der Waals surface area (Å²) in [7, 11) is 0. The molecule has 1 N–H and O–H groups in total. The minimum Gasteiger partial charge on any atom is -0.353 e. The van der Waals surface area contributed by atoms with E-state index in [1.165, 1.54) is 25.7 Å². The average molecular weight is 398 g/mol. The van der Waals surface area contributed by atoms with Gasteiger partial charge in [-0.1, -0.05) is 37.8 Å².